The number of rotatable bonds is 3. The summed E-state index contributed by atoms with van der Waals surface area (Å²) >= 11 is 6.44. The first-order chi connectivity index (χ1) is 11.9. The minimum Gasteiger partial charge on any atom is -0.504 e. The number of aliphatic hydroxyl groups is 1. The number of nitrogens with zero attached hydrogens (tertiary/aromatic N) is 1. The average molecular weight is 358 g/mol. The third-order valence-electron chi connectivity index (χ3n) is 4.47. The average Bonchev–Trinajstić information content (AvgIpc) is 2.61. The molecule has 0 fully saturated rings. The van der Waals surface area contributed by atoms with Gasteiger partial charge >= 0.3 is 0 Å². The number of hydrogen-bond acceptors (Lipinski definition) is 4. The second-order valence-corrected chi connectivity index (χ2v) is 6.63. The first-order valence-corrected chi connectivity index (χ1v) is 8.61. The van der Waals surface area contributed by atoms with Gasteiger partial charge in [-0.05, 0) is 49.6 Å². The minimum absolute atomic E-state index is 0.273. The van der Waals surface area contributed by atoms with Crippen LogP contribution in [0, 0.1) is 6.92 Å². The third kappa shape index (κ3) is 3.20. The predicted molar refractivity (Wildman–Crippen MR) is 96.7 cm³/mol. The Bertz CT molecular complexity index is 846. The molecule has 0 saturated heterocycles. The molecule has 130 valence electrons. The molecule has 0 spiro atoms. The number of hydrogen-bond donors (Lipinski definition) is 1. The Morgan fingerprint density at radius 1 is 1.24 bits per heavy atom. The van der Waals surface area contributed by atoms with Crippen molar-refractivity contribution < 1.29 is 14.6 Å². The van der Waals surface area contributed by atoms with Gasteiger partial charge in [0.25, 0.3) is 0 Å². The number of carbonyl (C=O) groups excluding carboxylic acids is 1. The van der Waals surface area contributed by atoms with Gasteiger partial charge in [0.2, 0.25) is 5.78 Å². The van der Waals surface area contributed by atoms with Crippen LogP contribution in [0.5, 0.6) is 0 Å². The normalized spacial score (nSPS) is 20.9. The molecule has 0 bridgehead atoms. The fraction of sp³-hybridized carbons (Fsp3) is 0.300. The smallest absolute Gasteiger partial charge is 0.230 e. The van der Waals surface area contributed by atoms with Crippen LogP contribution in [0.15, 0.2) is 47.9 Å². The Kier molecular flexibility index (Phi) is 4.93. The molecule has 5 heteroatoms. The highest BCUT2D eigenvalue weighted by molar-refractivity contribution is 6.32. The van der Waals surface area contributed by atoms with Crippen LogP contribution in [0.3, 0.4) is 0 Å². The van der Waals surface area contributed by atoms with E-state index in [1.165, 1.54) is 0 Å². The van der Waals surface area contributed by atoms with Crippen LogP contribution in [-0.4, -0.2) is 15.9 Å². The largest absolute Gasteiger partial charge is 0.504 e. The van der Waals surface area contributed by atoms with E-state index < -0.39 is 18.0 Å². The zero-order valence-corrected chi connectivity index (χ0v) is 15.2. The summed E-state index contributed by atoms with van der Waals surface area (Å²) < 4.78 is 6.10. The maximum Gasteiger partial charge on any atom is 0.230 e. The van der Waals surface area contributed by atoms with Crippen molar-refractivity contribution in [2.75, 3.05) is 0 Å². The number of aliphatic hydroxyl groups excluding tert-OH is 1. The lowest BCUT2D eigenvalue weighted by molar-refractivity contribution is -0.136. The molecule has 2 unspecified atom stereocenters. The second kappa shape index (κ2) is 6.98. The van der Waals surface area contributed by atoms with Crippen LogP contribution in [0.1, 0.15) is 48.4 Å². The van der Waals surface area contributed by atoms with Crippen molar-refractivity contribution >= 4 is 17.4 Å². The number of halogens is 1. The van der Waals surface area contributed by atoms with Crippen molar-refractivity contribution in [2.45, 2.75) is 39.4 Å². The maximum absolute atomic E-state index is 12.7. The van der Waals surface area contributed by atoms with Crippen LogP contribution in [0.2, 0.25) is 5.02 Å². The number of aromatic nitrogens is 1. The van der Waals surface area contributed by atoms with Crippen LogP contribution < -0.4 is 0 Å². The number of carbonyl (C=O) groups is 1. The molecule has 0 amide bonds. The van der Waals surface area contributed by atoms with Crippen molar-refractivity contribution in [1.82, 2.24) is 4.98 Å². The van der Waals surface area contributed by atoms with Crippen molar-refractivity contribution in [3.63, 3.8) is 0 Å². The molecule has 3 rings (SSSR count). The Hall–Kier alpha value is -2.17. The molecule has 1 aliphatic heterocycles. The van der Waals surface area contributed by atoms with Crippen LogP contribution in [-0.2, 0) is 16.0 Å². The quantitative estimate of drug-likeness (QED) is 0.855. The van der Waals surface area contributed by atoms with E-state index in [4.69, 9.17) is 16.3 Å². The molecular weight excluding hydrogens is 338 g/mol. The zero-order valence-electron chi connectivity index (χ0n) is 14.4. The van der Waals surface area contributed by atoms with Gasteiger partial charge in [-0.15, -0.1) is 0 Å². The van der Waals surface area contributed by atoms with E-state index >= 15 is 0 Å². The van der Waals surface area contributed by atoms with Crippen LogP contribution in [0.4, 0.5) is 0 Å². The molecule has 2 atom stereocenters. The topological polar surface area (TPSA) is 59.4 Å². The highest BCUT2D eigenvalue weighted by Gasteiger charge is 2.39. The van der Waals surface area contributed by atoms with E-state index in [0.717, 1.165) is 11.1 Å². The van der Waals surface area contributed by atoms with Gasteiger partial charge in [0.05, 0.1) is 5.69 Å². The molecule has 1 N–H and O–H groups in total. The monoisotopic (exact) mass is 357 g/mol. The van der Waals surface area contributed by atoms with Crippen molar-refractivity contribution in [3.05, 3.63) is 75.3 Å². The summed E-state index contributed by atoms with van der Waals surface area (Å²) in [7, 11) is 0. The number of Topliss-reactive ketones (excluding diaryl/α,β-unsaturated/α-hetero) is 1. The van der Waals surface area contributed by atoms with Gasteiger partial charge in [-0.25, -0.2) is 0 Å². The second-order valence-electron chi connectivity index (χ2n) is 6.22. The molecule has 2 aromatic rings. The summed E-state index contributed by atoms with van der Waals surface area (Å²) in [5, 5.41) is 10.9. The molecule has 2 heterocycles. The predicted octanol–water partition coefficient (Wildman–Crippen LogP) is 4.82. The van der Waals surface area contributed by atoms with Crippen LogP contribution in [0.25, 0.3) is 0 Å². The molecule has 1 aromatic heterocycles. The number of benzene rings is 1. The lowest BCUT2D eigenvalue weighted by Gasteiger charge is -2.31. The minimum atomic E-state index is -0.946. The third-order valence-corrected chi connectivity index (χ3v) is 4.78. The van der Waals surface area contributed by atoms with E-state index in [1.807, 2.05) is 38.1 Å². The van der Waals surface area contributed by atoms with Gasteiger partial charge in [0.15, 0.2) is 11.9 Å². The number of aryl methyl sites for hydroxylation is 2. The van der Waals surface area contributed by atoms with Crippen LogP contribution >= 0.6 is 11.6 Å². The molecule has 25 heavy (non-hydrogen) atoms. The fourth-order valence-electron chi connectivity index (χ4n) is 3.18. The van der Waals surface area contributed by atoms with Crippen molar-refractivity contribution in [3.8, 4) is 0 Å². The Morgan fingerprint density at radius 2 is 2.00 bits per heavy atom. The van der Waals surface area contributed by atoms with E-state index in [9.17, 15) is 9.90 Å². The van der Waals surface area contributed by atoms with Gasteiger partial charge in [0, 0.05) is 22.4 Å². The van der Waals surface area contributed by atoms with Crippen molar-refractivity contribution in [2.24, 2.45) is 0 Å². The summed E-state index contributed by atoms with van der Waals surface area (Å²) in [6.45, 7) is 5.63. The molecule has 4 nitrogen and oxygen atoms in total. The number of pyridine rings is 1. The summed E-state index contributed by atoms with van der Waals surface area (Å²) in [6.07, 6.45) is 0.830. The van der Waals surface area contributed by atoms with Gasteiger partial charge < -0.3 is 9.84 Å². The SMILES string of the molecule is CCc1cc(C)cc(Cl)c1C1OC(c2ccccn2)C(C)=C(O)C1=O. The summed E-state index contributed by atoms with van der Waals surface area (Å²) in [5.41, 5.74) is 3.69. The van der Waals surface area contributed by atoms with Gasteiger partial charge in [-0.3, -0.25) is 9.78 Å². The van der Waals surface area contributed by atoms with Gasteiger partial charge in [0.1, 0.15) is 6.10 Å². The van der Waals surface area contributed by atoms with E-state index in [2.05, 4.69) is 4.98 Å². The van der Waals surface area contributed by atoms with E-state index in [0.29, 0.717) is 28.3 Å². The highest BCUT2D eigenvalue weighted by Crippen LogP contribution is 2.42. The molecule has 0 aliphatic carbocycles. The standard InChI is InChI=1S/C20H20ClNO3/c1-4-13-9-11(2)10-14(21)16(13)20-18(24)17(23)12(3)19(25-20)15-7-5-6-8-22-15/h5-10,19-20,23H,4H2,1-3H3. The maximum atomic E-state index is 12.7. The Labute approximate surface area is 152 Å². The molecular formula is C20H20ClNO3. The number of ether oxygens (including phenoxy) is 1. The molecule has 1 aliphatic rings. The summed E-state index contributed by atoms with van der Waals surface area (Å²) in [5.74, 6) is -0.740. The van der Waals surface area contributed by atoms with Gasteiger partial charge in [-0.1, -0.05) is 30.7 Å². The van der Waals surface area contributed by atoms with Crippen molar-refractivity contribution in [1.29, 1.82) is 0 Å². The van der Waals surface area contributed by atoms with E-state index in [-0.39, 0.29) is 5.76 Å². The lowest BCUT2D eigenvalue weighted by atomic mass is 9.91. The Balaban J connectivity index is 2.12. The summed E-state index contributed by atoms with van der Waals surface area (Å²) in [6, 6.07) is 9.27. The molecule has 1 aromatic carbocycles. The summed E-state index contributed by atoms with van der Waals surface area (Å²) in [4.78, 5) is 17.0. The lowest BCUT2D eigenvalue weighted by Crippen LogP contribution is -2.29. The first-order valence-electron chi connectivity index (χ1n) is 8.23. The number of ketones is 1. The zero-order chi connectivity index (χ0) is 18.1. The Morgan fingerprint density at radius 3 is 2.64 bits per heavy atom. The fourth-order valence-corrected chi connectivity index (χ4v) is 3.57. The van der Waals surface area contributed by atoms with Gasteiger partial charge in [-0.2, -0.15) is 0 Å². The first kappa shape index (κ1) is 17.6. The highest BCUT2D eigenvalue weighted by atomic mass is 35.5. The molecule has 0 radical (unpaired) electrons. The van der Waals surface area contributed by atoms with E-state index in [1.54, 1.807) is 19.2 Å². The molecule has 0 saturated carbocycles.